The Kier molecular flexibility index (Phi) is 7.28. The lowest BCUT2D eigenvalue weighted by molar-refractivity contribution is -0.147. The molecular weight excluding hydrogens is 338 g/mol. The van der Waals surface area contributed by atoms with E-state index in [0.29, 0.717) is 0 Å². The number of hydrogen-bond donors (Lipinski definition) is 2. The summed E-state index contributed by atoms with van der Waals surface area (Å²) in [7, 11) is 0. The van der Waals surface area contributed by atoms with Crippen molar-refractivity contribution in [2.45, 2.75) is 32.8 Å². The number of alkyl carbamates (subject to hydrolysis) is 1. The van der Waals surface area contributed by atoms with E-state index >= 15 is 0 Å². The van der Waals surface area contributed by atoms with E-state index < -0.39 is 47.5 Å². The number of esters is 1. The van der Waals surface area contributed by atoms with Crippen LogP contribution in [-0.2, 0) is 19.1 Å². The van der Waals surface area contributed by atoms with Gasteiger partial charge in [0.2, 0.25) is 0 Å². The van der Waals surface area contributed by atoms with Crippen LogP contribution in [0.4, 0.5) is 19.3 Å². The maximum Gasteiger partial charge on any atom is 0.407 e. The van der Waals surface area contributed by atoms with Crippen LogP contribution in [0.15, 0.2) is 18.2 Å². The van der Waals surface area contributed by atoms with Crippen LogP contribution in [0.1, 0.15) is 27.2 Å². The molecule has 0 aromatic heterocycles. The van der Waals surface area contributed by atoms with Gasteiger partial charge >= 0.3 is 12.1 Å². The number of amides is 2. The molecule has 1 rings (SSSR count). The summed E-state index contributed by atoms with van der Waals surface area (Å²) in [5.74, 6) is -3.54. The topological polar surface area (TPSA) is 93.7 Å². The van der Waals surface area contributed by atoms with Crippen molar-refractivity contribution in [3.63, 3.8) is 0 Å². The normalized spacial score (nSPS) is 10.8. The Balaban J connectivity index is 2.30. The number of carbonyl (C=O) groups is 3. The first-order valence-electron chi connectivity index (χ1n) is 7.45. The molecule has 0 aliphatic rings. The van der Waals surface area contributed by atoms with Gasteiger partial charge in [-0.15, -0.1) is 0 Å². The summed E-state index contributed by atoms with van der Waals surface area (Å²) in [6, 6.07) is 3.11. The Bertz CT molecular complexity index is 624. The minimum Gasteiger partial charge on any atom is -0.456 e. The summed E-state index contributed by atoms with van der Waals surface area (Å²) in [5, 5.41) is 4.33. The standard InChI is InChI=1S/C16H20F2N2O5/c1-16(2,3)25-15(23)19-8-7-13(22)24-9-12(21)20-14-10(17)5-4-6-11(14)18/h4-6H,7-9H2,1-3H3,(H,19,23)(H,20,21). The third-order valence-electron chi connectivity index (χ3n) is 2.59. The highest BCUT2D eigenvalue weighted by Gasteiger charge is 2.17. The van der Waals surface area contributed by atoms with Gasteiger partial charge in [-0.1, -0.05) is 6.07 Å². The average Bonchev–Trinajstić information content (AvgIpc) is 2.47. The molecule has 0 aliphatic carbocycles. The Morgan fingerprint density at radius 3 is 2.28 bits per heavy atom. The van der Waals surface area contributed by atoms with E-state index in [2.05, 4.69) is 10.1 Å². The summed E-state index contributed by atoms with van der Waals surface area (Å²) < 4.78 is 36.3. The molecule has 0 heterocycles. The molecule has 0 saturated carbocycles. The molecular formula is C16H20F2N2O5. The van der Waals surface area contributed by atoms with Gasteiger partial charge in [0, 0.05) is 6.54 Å². The van der Waals surface area contributed by atoms with Crippen LogP contribution in [0.25, 0.3) is 0 Å². The molecule has 0 bridgehead atoms. The number of benzene rings is 1. The van der Waals surface area contributed by atoms with Gasteiger partial charge in [0.25, 0.3) is 5.91 Å². The van der Waals surface area contributed by atoms with Crippen molar-refractivity contribution in [3.8, 4) is 0 Å². The molecule has 2 amide bonds. The average molecular weight is 358 g/mol. The molecule has 0 spiro atoms. The number of carbonyl (C=O) groups excluding carboxylic acids is 3. The number of rotatable bonds is 6. The van der Waals surface area contributed by atoms with Crippen LogP contribution in [0.5, 0.6) is 0 Å². The number of hydrogen-bond acceptors (Lipinski definition) is 5. The molecule has 1 aromatic rings. The maximum absolute atomic E-state index is 13.4. The molecule has 0 saturated heterocycles. The van der Waals surface area contributed by atoms with Crippen LogP contribution >= 0.6 is 0 Å². The summed E-state index contributed by atoms with van der Waals surface area (Å²) in [6.07, 6.45) is -0.881. The Morgan fingerprint density at radius 2 is 1.72 bits per heavy atom. The predicted molar refractivity (Wildman–Crippen MR) is 84.8 cm³/mol. The largest absolute Gasteiger partial charge is 0.456 e. The molecule has 0 unspecified atom stereocenters. The number of anilines is 1. The van der Waals surface area contributed by atoms with E-state index in [4.69, 9.17) is 4.74 Å². The third kappa shape index (κ3) is 8.09. The SMILES string of the molecule is CC(C)(C)OC(=O)NCCC(=O)OCC(=O)Nc1c(F)cccc1F. The highest BCUT2D eigenvalue weighted by Crippen LogP contribution is 2.17. The van der Waals surface area contributed by atoms with Gasteiger partial charge in [0.05, 0.1) is 6.42 Å². The third-order valence-corrected chi connectivity index (χ3v) is 2.59. The van der Waals surface area contributed by atoms with Crippen molar-refractivity contribution >= 4 is 23.7 Å². The van der Waals surface area contributed by atoms with Crippen LogP contribution in [0.2, 0.25) is 0 Å². The molecule has 0 atom stereocenters. The van der Waals surface area contributed by atoms with Crippen molar-refractivity contribution < 1.29 is 32.6 Å². The minimum absolute atomic E-state index is 0.0443. The lowest BCUT2D eigenvalue weighted by Gasteiger charge is -2.19. The monoisotopic (exact) mass is 358 g/mol. The quantitative estimate of drug-likeness (QED) is 0.762. The van der Waals surface area contributed by atoms with E-state index in [0.717, 1.165) is 18.2 Å². The summed E-state index contributed by atoms with van der Waals surface area (Å²) in [5.41, 5.74) is -1.28. The lowest BCUT2D eigenvalue weighted by atomic mass is 10.2. The zero-order valence-electron chi connectivity index (χ0n) is 14.2. The smallest absolute Gasteiger partial charge is 0.407 e. The fraction of sp³-hybridized carbons (Fsp3) is 0.438. The Hall–Kier alpha value is -2.71. The Labute approximate surface area is 143 Å². The molecule has 0 aliphatic heterocycles. The van der Waals surface area contributed by atoms with Crippen molar-refractivity contribution in [3.05, 3.63) is 29.8 Å². The first kappa shape index (κ1) is 20.3. The molecule has 1 aromatic carbocycles. The van der Waals surface area contributed by atoms with E-state index in [1.54, 1.807) is 20.8 Å². The summed E-state index contributed by atoms with van der Waals surface area (Å²) in [4.78, 5) is 34.4. The molecule has 25 heavy (non-hydrogen) atoms. The molecule has 9 heteroatoms. The first-order valence-corrected chi connectivity index (χ1v) is 7.45. The molecule has 7 nitrogen and oxygen atoms in total. The predicted octanol–water partition coefficient (Wildman–Crippen LogP) is 2.36. The maximum atomic E-state index is 13.4. The second-order valence-corrected chi connectivity index (χ2v) is 5.98. The van der Waals surface area contributed by atoms with Crippen molar-refractivity contribution in [1.82, 2.24) is 5.32 Å². The second-order valence-electron chi connectivity index (χ2n) is 5.98. The van der Waals surface area contributed by atoms with Crippen LogP contribution in [0, 0.1) is 11.6 Å². The highest BCUT2D eigenvalue weighted by atomic mass is 19.1. The summed E-state index contributed by atoms with van der Waals surface area (Å²) in [6.45, 7) is 4.32. The lowest BCUT2D eigenvalue weighted by Crippen LogP contribution is -2.34. The van der Waals surface area contributed by atoms with Gasteiger partial charge in [0.1, 0.15) is 22.9 Å². The van der Waals surface area contributed by atoms with Gasteiger partial charge in [-0.25, -0.2) is 13.6 Å². The number of halogens is 2. The van der Waals surface area contributed by atoms with Crippen molar-refractivity contribution in [2.75, 3.05) is 18.5 Å². The first-order chi connectivity index (χ1) is 11.6. The van der Waals surface area contributed by atoms with Gasteiger partial charge in [-0.3, -0.25) is 9.59 Å². The summed E-state index contributed by atoms with van der Waals surface area (Å²) >= 11 is 0. The van der Waals surface area contributed by atoms with E-state index in [9.17, 15) is 23.2 Å². The molecule has 138 valence electrons. The van der Waals surface area contributed by atoms with Crippen LogP contribution in [-0.4, -0.2) is 36.7 Å². The second kappa shape index (κ2) is 8.95. The zero-order valence-corrected chi connectivity index (χ0v) is 14.2. The fourth-order valence-electron chi connectivity index (χ4n) is 1.59. The zero-order chi connectivity index (χ0) is 19.0. The van der Waals surface area contributed by atoms with Crippen molar-refractivity contribution in [2.24, 2.45) is 0 Å². The van der Waals surface area contributed by atoms with Gasteiger partial charge in [-0.05, 0) is 32.9 Å². The molecule has 2 N–H and O–H groups in total. The number of ether oxygens (including phenoxy) is 2. The van der Waals surface area contributed by atoms with E-state index in [-0.39, 0.29) is 13.0 Å². The fourth-order valence-corrected chi connectivity index (χ4v) is 1.59. The van der Waals surface area contributed by atoms with E-state index in [1.165, 1.54) is 0 Å². The molecule has 0 radical (unpaired) electrons. The molecule has 0 fully saturated rings. The van der Waals surface area contributed by atoms with Gasteiger partial charge in [0.15, 0.2) is 6.61 Å². The number of nitrogens with one attached hydrogen (secondary N) is 2. The van der Waals surface area contributed by atoms with Crippen molar-refractivity contribution in [1.29, 1.82) is 0 Å². The van der Waals surface area contributed by atoms with Crippen LogP contribution < -0.4 is 10.6 Å². The highest BCUT2D eigenvalue weighted by molar-refractivity contribution is 5.93. The number of para-hydroxylation sites is 1. The van der Waals surface area contributed by atoms with Crippen LogP contribution in [0.3, 0.4) is 0 Å². The van der Waals surface area contributed by atoms with Gasteiger partial charge < -0.3 is 20.1 Å². The van der Waals surface area contributed by atoms with E-state index in [1.807, 2.05) is 5.32 Å². The Morgan fingerprint density at radius 1 is 1.12 bits per heavy atom. The van der Waals surface area contributed by atoms with Gasteiger partial charge in [-0.2, -0.15) is 0 Å². The minimum atomic E-state index is -0.943.